The van der Waals surface area contributed by atoms with E-state index in [0.717, 1.165) is 25.3 Å². The molecule has 2 saturated carbocycles. The summed E-state index contributed by atoms with van der Waals surface area (Å²) in [7, 11) is 0. The summed E-state index contributed by atoms with van der Waals surface area (Å²) in [6, 6.07) is 4.84. The van der Waals surface area contributed by atoms with E-state index in [2.05, 4.69) is 63.2 Å². The zero-order chi connectivity index (χ0) is 26.2. The number of hydrogen-bond acceptors (Lipinski definition) is 3. The molecule has 2 aliphatic carbocycles. The lowest BCUT2D eigenvalue weighted by Gasteiger charge is -2.28. The van der Waals surface area contributed by atoms with Crippen molar-refractivity contribution in [1.82, 2.24) is 10.3 Å². The number of rotatable bonds is 14. The van der Waals surface area contributed by atoms with Crippen LogP contribution in [0.4, 0.5) is 5.69 Å². The van der Waals surface area contributed by atoms with Gasteiger partial charge in [0.05, 0.1) is 5.69 Å². The smallest absolute Gasteiger partial charge is 0.0515 e. The molecule has 0 unspecified atom stereocenters. The molecule has 2 fully saturated rings. The van der Waals surface area contributed by atoms with Crippen LogP contribution in [0.25, 0.3) is 16.8 Å². The number of aryl methyl sites for hydroxylation is 3. The second-order valence-electron chi connectivity index (χ2n) is 11.3. The number of aromatic nitrogens is 1. The minimum Gasteiger partial charge on any atom is -0.385 e. The van der Waals surface area contributed by atoms with Crippen LogP contribution in [0.2, 0.25) is 0 Å². The number of benzene rings is 1. The molecule has 0 bridgehead atoms. The van der Waals surface area contributed by atoms with Crippen molar-refractivity contribution < 1.29 is 0 Å². The first-order valence-corrected chi connectivity index (χ1v) is 15.0. The maximum absolute atomic E-state index is 4.87. The molecule has 1 aromatic heterocycles. The maximum Gasteiger partial charge on any atom is 0.0515 e. The number of nitrogens with zero attached hydrogens (tertiary/aromatic N) is 1. The van der Waals surface area contributed by atoms with Gasteiger partial charge in [-0.3, -0.25) is 4.98 Å². The summed E-state index contributed by atoms with van der Waals surface area (Å²) in [5, 5.41) is 7.46. The first-order valence-electron chi connectivity index (χ1n) is 15.0. The molecule has 1 aromatic carbocycles. The summed E-state index contributed by atoms with van der Waals surface area (Å²) < 4.78 is 0. The highest BCUT2D eigenvalue weighted by molar-refractivity contribution is 5.87. The Kier molecular flexibility index (Phi) is 9.88. The summed E-state index contributed by atoms with van der Waals surface area (Å²) in [4.78, 5) is 4.87. The summed E-state index contributed by atoms with van der Waals surface area (Å²) in [5.74, 6) is 0.973. The third-order valence-corrected chi connectivity index (χ3v) is 8.66. The number of anilines is 1. The van der Waals surface area contributed by atoms with Gasteiger partial charge in [0.1, 0.15) is 0 Å². The van der Waals surface area contributed by atoms with E-state index in [-0.39, 0.29) is 0 Å². The number of pyridine rings is 1. The van der Waals surface area contributed by atoms with Gasteiger partial charge in [0, 0.05) is 35.3 Å². The predicted molar refractivity (Wildman–Crippen MR) is 161 cm³/mol. The molecule has 2 N–H and O–H groups in total. The van der Waals surface area contributed by atoms with Crippen LogP contribution in [-0.2, 0) is 12.8 Å². The van der Waals surface area contributed by atoms with Crippen LogP contribution in [0.5, 0.6) is 0 Å². The van der Waals surface area contributed by atoms with E-state index in [1.807, 2.05) is 6.20 Å². The lowest BCUT2D eigenvalue weighted by Crippen LogP contribution is -2.20. The van der Waals surface area contributed by atoms with E-state index in [1.165, 1.54) is 121 Å². The Morgan fingerprint density at radius 3 is 2.51 bits per heavy atom. The van der Waals surface area contributed by atoms with Crippen LogP contribution in [0.3, 0.4) is 0 Å². The van der Waals surface area contributed by atoms with E-state index in [0.29, 0.717) is 0 Å². The van der Waals surface area contributed by atoms with E-state index >= 15 is 0 Å². The molecule has 3 nitrogen and oxygen atoms in total. The molecule has 0 atom stereocenters. The molecule has 1 heterocycles. The Morgan fingerprint density at radius 2 is 1.89 bits per heavy atom. The van der Waals surface area contributed by atoms with Crippen molar-refractivity contribution in [2.24, 2.45) is 5.92 Å². The van der Waals surface area contributed by atoms with Crippen LogP contribution in [0.1, 0.15) is 112 Å². The van der Waals surface area contributed by atoms with Gasteiger partial charge in [0.2, 0.25) is 0 Å². The Labute approximate surface area is 226 Å². The molecule has 0 aliphatic heterocycles. The fraction of sp³-hybridized carbons (Fsp3) is 0.559. The molecule has 2 aliphatic rings. The Hall–Kier alpha value is -2.55. The van der Waals surface area contributed by atoms with E-state index in [1.54, 1.807) is 5.57 Å². The van der Waals surface area contributed by atoms with Crippen molar-refractivity contribution in [2.45, 2.75) is 111 Å². The number of allylic oxidation sites excluding steroid dienone is 1. The molecule has 2 aromatic rings. The standard InChI is InChI=1S/C34H49N3/c1-6-9-10-20-36-33(27-17-13-18-27)32-24(4)21-31(30(7-2)34(32)35-8-3)29-22-28(25(5)37-23-29)19-12-16-26-14-11-15-26/h8,21-23,26,35-36H,3,6-7,9-20H2,1-2,4-5H3. The quantitative estimate of drug-likeness (QED) is 0.254. The van der Waals surface area contributed by atoms with Crippen molar-refractivity contribution in [3.8, 4) is 11.1 Å². The predicted octanol–water partition coefficient (Wildman–Crippen LogP) is 9.28. The summed E-state index contributed by atoms with van der Waals surface area (Å²) in [6.45, 7) is 14.1. The van der Waals surface area contributed by atoms with Crippen molar-refractivity contribution in [1.29, 1.82) is 0 Å². The van der Waals surface area contributed by atoms with E-state index < -0.39 is 0 Å². The van der Waals surface area contributed by atoms with Crippen molar-refractivity contribution in [2.75, 3.05) is 11.9 Å². The van der Waals surface area contributed by atoms with Gasteiger partial charge in [-0.25, -0.2) is 0 Å². The van der Waals surface area contributed by atoms with Gasteiger partial charge in [-0.15, -0.1) is 0 Å². The third kappa shape index (κ3) is 6.48. The highest BCUT2D eigenvalue weighted by atomic mass is 14.9. The first-order chi connectivity index (χ1) is 18.1. The van der Waals surface area contributed by atoms with Gasteiger partial charge in [-0.2, -0.15) is 0 Å². The van der Waals surface area contributed by atoms with Crippen LogP contribution in [0.15, 0.2) is 36.7 Å². The average Bonchev–Trinajstić information content (AvgIpc) is 2.83. The molecule has 0 radical (unpaired) electrons. The molecule has 0 spiro atoms. The molecule has 200 valence electrons. The summed E-state index contributed by atoms with van der Waals surface area (Å²) in [5.41, 5.74) is 13.3. The first kappa shape index (κ1) is 27.5. The lowest BCUT2D eigenvalue weighted by molar-refractivity contribution is 0.290. The van der Waals surface area contributed by atoms with Crippen molar-refractivity contribution >= 4 is 11.4 Å². The SMILES string of the molecule is C=CNc1c(CC)c(-c2cnc(C)c(CCCC3CCC3)c2)cc(C)c1C(NCCCCC)=C1CCC1. The van der Waals surface area contributed by atoms with Gasteiger partial charge in [-0.05, 0) is 105 Å². The zero-order valence-electron chi connectivity index (χ0n) is 23.9. The Balaban J connectivity index is 1.71. The number of unbranched alkanes of at least 4 members (excludes halogenated alkanes) is 2. The van der Waals surface area contributed by atoms with Crippen molar-refractivity contribution in [3.05, 3.63) is 64.6 Å². The second kappa shape index (κ2) is 13.3. The van der Waals surface area contributed by atoms with Gasteiger partial charge in [-0.1, -0.05) is 65.0 Å². The third-order valence-electron chi connectivity index (χ3n) is 8.66. The zero-order valence-corrected chi connectivity index (χ0v) is 23.9. The normalized spacial score (nSPS) is 15.2. The fourth-order valence-electron chi connectivity index (χ4n) is 5.99. The molecule has 4 rings (SSSR count). The molecule has 0 amide bonds. The van der Waals surface area contributed by atoms with Gasteiger partial charge < -0.3 is 10.6 Å². The van der Waals surface area contributed by atoms with Crippen LogP contribution < -0.4 is 10.6 Å². The molecule has 0 saturated heterocycles. The van der Waals surface area contributed by atoms with Gasteiger partial charge >= 0.3 is 0 Å². The largest absolute Gasteiger partial charge is 0.385 e. The van der Waals surface area contributed by atoms with Crippen LogP contribution in [0, 0.1) is 19.8 Å². The van der Waals surface area contributed by atoms with E-state index in [4.69, 9.17) is 4.98 Å². The topological polar surface area (TPSA) is 37.0 Å². The van der Waals surface area contributed by atoms with Crippen LogP contribution in [-0.4, -0.2) is 11.5 Å². The monoisotopic (exact) mass is 499 g/mol. The van der Waals surface area contributed by atoms with E-state index in [9.17, 15) is 0 Å². The summed E-state index contributed by atoms with van der Waals surface area (Å²) >= 11 is 0. The highest BCUT2D eigenvalue weighted by Gasteiger charge is 2.24. The van der Waals surface area contributed by atoms with Crippen molar-refractivity contribution in [3.63, 3.8) is 0 Å². The molecular formula is C34H49N3. The number of nitrogens with one attached hydrogen (secondary N) is 2. The summed E-state index contributed by atoms with van der Waals surface area (Å²) in [6.07, 6.45) is 20.4. The average molecular weight is 500 g/mol. The second-order valence-corrected chi connectivity index (χ2v) is 11.3. The number of hydrogen-bond donors (Lipinski definition) is 2. The Bertz CT molecular complexity index is 1100. The minimum atomic E-state index is 0.960. The Morgan fingerprint density at radius 1 is 1.08 bits per heavy atom. The van der Waals surface area contributed by atoms with Gasteiger partial charge in [0.25, 0.3) is 0 Å². The molecule has 37 heavy (non-hydrogen) atoms. The fourth-order valence-corrected chi connectivity index (χ4v) is 5.99. The highest BCUT2D eigenvalue weighted by Crippen LogP contribution is 2.42. The molecular weight excluding hydrogens is 450 g/mol. The minimum absolute atomic E-state index is 0.960. The van der Waals surface area contributed by atoms with Crippen LogP contribution >= 0.6 is 0 Å². The lowest BCUT2D eigenvalue weighted by atomic mass is 9.81. The maximum atomic E-state index is 4.87. The molecule has 3 heteroatoms. The van der Waals surface area contributed by atoms with Gasteiger partial charge in [0.15, 0.2) is 0 Å².